The molecule has 0 unspecified atom stereocenters. The third kappa shape index (κ3) is 1.10. The van der Waals surface area contributed by atoms with Gasteiger partial charge in [0.15, 0.2) is 11.5 Å². The second kappa shape index (κ2) is 2.81. The van der Waals surface area contributed by atoms with Gasteiger partial charge in [0.05, 0.1) is 26.0 Å². The van der Waals surface area contributed by atoms with Gasteiger partial charge in [-0.15, -0.1) is 0 Å². The van der Waals surface area contributed by atoms with Crippen LogP contribution in [0.25, 0.3) is 0 Å². The fourth-order valence-electron chi connectivity index (χ4n) is 1.48. The van der Waals surface area contributed by atoms with Crippen molar-refractivity contribution in [1.82, 2.24) is 0 Å². The van der Waals surface area contributed by atoms with Crippen molar-refractivity contribution in [1.29, 1.82) is 0 Å². The standard InChI is InChI=1S/C9H11NO3/c1-12-7-2-5-3-13-4-6(5)8(10)9(7)11/h2,11H,3-4,10H2,1H3. The molecule has 0 radical (unpaired) electrons. The highest BCUT2D eigenvalue weighted by Crippen LogP contribution is 2.39. The highest BCUT2D eigenvalue weighted by Gasteiger charge is 2.20. The molecule has 0 aliphatic carbocycles. The van der Waals surface area contributed by atoms with Gasteiger partial charge in [-0.3, -0.25) is 0 Å². The molecule has 0 atom stereocenters. The molecular weight excluding hydrogens is 170 g/mol. The summed E-state index contributed by atoms with van der Waals surface area (Å²) >= 11 is 0. The van der Waals surface area contributed by atoms with Crippen molar-refractivity contribution in [2.45, 2.75) is 13.2 Å². The molecule has 70 valence electrons. The number of nitrogen functional groups attached to an aromatic ring is 1. The number of anilines is 1. The minimum Gasteiger partial charge on any atom is -0.503 e. The number of hydrogen-bond donors (Lipinski definition) is 2. The number of phenolic OH excluding ortho intramolecular Hbond substituents is 1. The fourth-order valence-corrected chi connectivity index (χ4v) is 1.48. The molecule has 1 aromatic rings. The number of hydrogen-bond acceptors (Lipinski definition) is 4. The Labute approximate surface area is 75.9 Å². The van der Waals surface area contributed by atoms with Crippen LogP contribution in [0.3, 0.4) is 0 Å². The Kier molecular flexibility index (Phi) is 1.77. The molecule has 0 amide bonds. The van der Waals surface area contributed by atoms with E-state index < -0.39 is 0 Å². The number of benzene rings is 1. The summed E-state index contributed by atoms with van der Waals surface area (Å²) in [5, 5.41) is 9.56. The molecule has 13 heavy (non-hydrogen) atoms. The van der Waals surface area contributed by atoms with Crippen molar-refractivity contribution >= 4 is 5.69 Å². The lowest BCUT2D eigenvalue weighted by Crippen LogP contribution is -1.96. The quantitative estimate of drug-likeness (QED) is 0.501. The highest BCUT2D eigenvalue weighted by molar-refractivity contribution is 5.67. The summed E-state index contributed by atoms with van der Waals surface area (Å²) in [6.07, 6.45) is 0. The largest absolute Gasteiger partial charge is 0.503 e. The van der Waals surface area contributed by atoms with Gasteiger partial charge in [-0.25, -0.2) is 0 Å². The summed E-state index contributed by atoms with van der Waals surface area (Å²) in [4.78, 5) is 0. The van der Waals surface area contributed by atoms with E-state index in [0.717, 1.165) is 11.1 Å². The molecule has 3 N–H and O–H groups in total. The molecule has 1 aliphatic heterocycles. The first-order chi connectivity index (χ1) is 6.24. The van der Waals surface area contributed by atoms with E-state index in [4.69, 9.17) is 15.2 Å². The average molecular weight is 181 g/mol. The van der Waals surface area contributed by atoms with Crippen molar-refractivity contribution in [2.75, 3.05) is 12.8 Å². The summed E-state index contributed by atoms with van der Waals surface area (Å²) < 4.78 is 10.2. The van der Waals surface area contributed by atoms with Gasteiger partial charge in [0.25, 0.3) is 0 Å². The zero-order valence-corrected chi connectivity index (χ0v) is 7.33. The summed E-state index contributed by atoms with van der Waals surface area (Å²) in [6.45, 7) is 1.01. The maximum absolute atomic E-state index is 9.56. The van der Waals surface area contributed by atoms with Gasteiger partial charge in [0.1, 0.15) is 0 Å². The van der Waals surface area contributed by atoms with Gasteiger partial charge in [-0.2, -0.15) is 0 Å². The third-order valence-corrected chi connectivity index (χ3v) is 2.23. The van der Waals surface area contributed by atoms with Crippen LogP contribution < -0.4 is 10.5 Å². The van der Waals surface area contributed by atoms with Gasteiger partial charge >= 0.3 is 0 Å². The summed E-state index contributed by atoms with van der Waals surface area (Å²) in [7, 11) is 1.50. The van der Waals surface area contributed by atoms with Crippen molar-refractivity contribution in [2.24, 2.45) is 0 Å². The number of rotatable bonds is 1. The summed E-state index contributed by atoms with van der Waals surface area (Å²) in [5.41, 5.74) is 7.93. The minimum atomic E-state index is 0.00625. The Morgan fingerprint density at radius 3 is 3.00 bits per heavy atom. The molecule has 2 rings (SSSR count). The molecule has 1 aliphatic rings. The monoisotopic (exact) mass is 181 g/mol. The number of methoxy groups -OCH3 is 1. The van der Waals surface area contributed by atoms with Gasteiger partial charge in [0, 0.05) is 5.56 Å². The molecule has 1 heterocycles. The van der Waals surface area contributed by atoms with Crippen LogP contribution in [0.1, 0.15) is 11.1 Å². The second-order valence-electron chi connectivity index (χ2n) is 2.97. The fraction of sp³-hybridized carbons (Fsp3) is 0.333. The van der Waals surface area contributed by atoms with Crippen LogP contribution in [0.2, 0.25) is 0 Å². The average Bonchev–Trinajstić information content (AvgIpc) is 2.59. The topological polar surface area (TPSA) is 64.7 Å². The Hall–Kier alpha value is -1.42. The van der Waals surface area contributed by atoms with E-state index in [2.05, 4.69) is 0 Å². The van der Waals surface area contributed by atoms with Crippen LogP contribution in [0.5, 0.6) is 11.5 Å². The first kappa shape index (κ1) is 8.19. The van der Waals surface area contributed by atoms with E-state index in [0.29, 0.717) is 24.7 Å². The third-order valence-electron chi connectivity index (χ3n) is 2.23. The maximum Gasteiger partial charge on any atom is 0.181 e. The van der Waals surface area contributed by atoms with Gasteiger partial charge in [-0.1, -0.05) is 0 Å². The lowest BCUT2D eigenvalue weighted by Gasteiger charge is -2.09. The highest BCUT2D eigenvalue weighted by atomic mass is 16.5. The number of phenols is 1. The molecule has 0 aromatic heterocycles. The Bertz CT molecular complexity index is 348. The SMILES string of the molecule is COc1cc2c(c(N)c1O)COC2. The number of aromatic hydroxyl groups is 1. The van der Waals surface area contributed by atoms with E-state index in [1.165, 1.54) is 7.11 Å². The smallest absolute Gasteiger partial charge is 0.181 e. The van der Waals surface area contributed by atoms with Crippen LogP contribution in [0.15, 0.2) is 6.07 Å². The van der Waals surface area contributed by atoms with E-state index >= 15 is 0 Å². The zero-order valence-electron chi connectivity index (χ0n) is 7.33. The van der Waals surface area contributed by atoms with Gasteiger partial charge < -0.3 is 20.3 Å². The summed E-state index contributed by atoms with van der Waals surface area (Å²) in [6, 6.07) is 1.76. The lowest BCUT2D eigenvalue weighted by molar-refractivity contribution is 0.134. The van der Waals surface area contributed by atoms with Crippen molar-refractivity contribution in [3.8, 4) is 11.5 Å². The second-order valence-corrected chi connectivity index (χ2v) is 2.97. The summed E-state index contributed by atoms with van der Waals surface area (Å²) in [5.74, 6) is 0.411. The Morgan fingerprint density at radius 1 is 1.54 bits per heavy atom. The van der Waals surface area contributed by atoms with Crippen LogP contribution in [-0.4, -0.2) is 12.2 Å². The van der Waals surface area contributed by atoms with Crippen molar-refractivity contribution in [3.63, 3.8) is 0 Å². The van der Waals surface area contributed by atoms with Crippen LogP contribution in [0, 0.1) is 0 Å². The number of nitrogens with two attached hydrogens (primary N) is 1. The zero-order chi connectivity index (χ0) is 9.42. The Balaban J connectivity index is 2.61. The minimum absolute atomic E-state index is 0.00625. The molecule has 0 spiro atoms. The van der Waals surface area contributed by atoms with Crippen molar-refractivity contribution in [3.05, 3.63) is 17.2 Å². The normalized spacial score (nSPS) is 14.2. The lowest BCUT2D eigenvalue weighted by atomic mass is 10.1. The van der Waals surface area contributed by atoms with E-state index in [-0.39, 0.29) is 5.75 Å². The molecule has 4 heteroatoms. The first-order valence-electron chi connectivity index (χ1n) is 3.99. The number of ether oxygens (including phenoxy) is 2. The molecule has 0 saturated carbocycles. The molecular formula is C9H11NO3. The van der Waals surface area contributed by atoms with Crippen LogP contribution in [0.4, 0.5) is 5.69 Å². The Morgan fingerprint density at radius 2 is 2.31 bits per heavy atom. The molecule has 1 aromatic carbocycles. The molecule has 4 nitrogen and oxygen atoms in total. The molecule has 0 fully saturated rings. The first-order valence-corrected chi connectivity index (χ1v) is 3.99. The van der Waals surface area contributed by atoms with Gasteiger partial charge in [-0.05, 0) is 11.6 Å². The van der Waals surface area contributed by atoms with Crippen molar-refractivity contribution < 1.29 is 14.6 Å². The van der Waals surface area contributed by atoms with E-state index in [1.54, 1.807) is 6.07 Å². The van der Waals surface area contributed by atoms with E-state index in [1.807, 2.05) is 0 Å². The number of fused-ring (bicyclic) bond motifs is 1. The van der Waals surface area contributed by atoms with E-state index in [9.17, 15) is 5.11 Å². The van der Waals surface area contributed by atoms with Gasteiger partial charge in [0.2, 0.25) is 0 Å². The maximum atomic E-state index is 9.56. The van der Waals surface area contributed by atoms with Crippen LogP contribution >= 0.6 is 0 Å². The predicted octanol–water partition coefficient (Wildman–Crippen LogP) is 1.01. The molecule has 0 saturated heterocycles. The van der Waals surface area contributed by atoms with Crippen LogP contribution in [-0.2, 0) is 18.0 Å². The molecule has 0 bridgehead atoms. The predicted molar refractivity (Wildman–Crippen MR) is 47.6 cm³/mol.